The van der Waals surface area contributed by atoms with Crippen LogP contribution in [0.3, 0.4) is 0 Å². The Morgan fingerprint density at radius 2 is 2.12 bits per heavy atom. The Kier molecular flexibility index (Phi) is 3.05. The Labute approximate surface area is 94.8 Å². The summed E-state index contributed by atoms with van der Waals surface area (Å²) < 4.78 is 0. The molecule has 2 rings (SSSR count). The summed E-state index contributed by atoms with van der Waals surface area (Å²) in [6, 6.07) is 11.3. The molecule has 0 saturated heterocycles. The Bertz CT molecular complexity index is 469. The molecule has 1 aromatic heterocycles. The minimum absolute atomic E-state index is 0.265. The third kappa shape index (κ3) is 2.51. The van der Waals surface area contributed by atoms with E-state index in [9.17, 15) is 5.11 Å². The maximum Gasteiger partial charge on any atom is 0.138 e. The van der Waals surface area contributed by atoms with E-state index in [-0.39, 0.29) is 5.75 Å². The lowest BCUT2D eigenvalue weighted by atomic mass is 10.2. The first-order chi connectivity index (χ1) is 7.75. The molecule has 16 heavy (non-hydrogen) atoms. The fourth-order valence-electron chi connectivity index (χ4n) is 1.48. The van der Waals surface area contributed by atoms with Crippen LogP contribution < -0.4 is 5.32 Å². The highest BCUT2D eigenvalue weighted by atomic mass is 16.3. The van der Waals surface area contributed by atoms with Crippen molar-refractivity contribution in [3.05, 3.63) is 53.9 Å². The Hall–Kier alpha value is -2.03. The first kappa shape index (κ1) is 10.5. The van der Waals surface area contributed by atoms with Crippen LogP contribution in [0, 0.1) is 6.92 Å². The predicted octanol–water partition coefficient (Wildman–Crippen LogP) is 2.71. The smallest absolute Gasteiger partial charge is 0.138 e. The van der Waals surface area contributed by atoms with Gasteiger partial charge in [-0.3, -0.25) is 4.98 Å². The van der Waals surface area contributed by atoms with Crippen molar-refractivity contribution >= 4 is 5.69 Å². The second-order valence-corrected chi connectivity index (χ2v) is 3.70. The van der Waals surface area contributed by atoms with Crippen LogP contribution in [0.4, 0.5) is 5.69 Å². The SMILES string of the molecule is Cc1ccc(O)c(NCc2ccccn2)c1. The monoisotopic (exact) mass is 214 g/mol. The zero-order valence-corrected chi connectivity index (χ0v) is 9.14. The van der Waals surface area contributed by atoms with Crippen molar-refractivity contribution in [2.75, 3.05) is 5.32 Å². The van der Waals surface area contributed by atoms with Crippen molar-refractivity contribution in [1.82, 2.24) is 4.98 Å². The van der Waals surface area contributed by atoms with Crippen molar-refractivity contribution in [2.45, 2.75) is 13.5 Å². The fourth-order valence-corrected chi connectivity index (χ4v) is 1.48. The Balaban J connectivity index is 2.08. The molecule has 1 aromatic carbocycles. The lowest BCUT2D eigenvalue weighted by Crippen LogP contribution is -2.01. The molecule has 0 aliphatic rings. The molecule has 2 N–H and O–H groups in total. The second-order valence-electron chi connectivity index (χ2n) is 3.70. The van der Waals surface area contributed by atoms with Gasteiger partial charge < -0.3 is 10.4 Å². The van der Waals surface area contributed by atoms with Crippen molar-refractivity contribution in [3.8, 4) is 5.75 Å². The molecule has 82 valence electrons. The lowest BCUT2D eigenvalue weighted by Gasteiger charge is -2.08. The van der Waals surface area contributed by atoms with Gasteiger partial charge in [-0.05, 0) is 36.8 Å². The van der Waals surface area contributed by atoms with E-state index >= 15 is 0 Å². The maximum atomic E-state index is 9.63. The largest absolute Gasteiger partial charge is 0.506 e. The standard InChI is InChI=1S/C13H14N2O/c1-10-5-6-13(16)12(8-10)15-9-11-4-2-3-7-14-11/h2-8,15-16H,9H2,1H3. The van der Waals surface area contributed by atoms with Gasteiger partial charge in [0.2, 0.25) is 0 Å². The molecule has 0 aliphatic heterocycles. The number of hydrogen-bond acceptors (Lipinski definition) is 3. The molecule has 0 bridgehead atoms. The van der Waals surface area contributed by atoms with Gasteiger partial charge in [0.25, 0.3) is 0 Å². The summed E-state index contributed by atoms with van der Waals surface area (Å²) in [6.07, 6.45) is 1.76. The van der Waals surface area contributed by atoms with Gasteiger partial charge in [0, 0.05) is 6.20 Å². The highest BCUT2D eigenvalue weighted by Gasteiger charge is 2.00. The number of anilines is 1. The summed E-state index contributed by atoms with van der Waals surface area (Å²) in [5, 5.41) is 12.8. The summed E-state index contributed by atoms with van der Waals surface area (Å²) in [6.45, 7) is 2.60. The molecular formula is C13H14N2O. The van der Waals surface area contributed by atoms with Gasteiger partial charge in [-0.2, -0.15) is 0 Å². The number of aromatic nitrogens is 1. The van der Waals surface area contributed by atoms with E-state index in [1.165, 1.54) is 0 Å². The summed E-state index contributed by atoms with van der Waals surface area (Å²) >= 11 is 0. The van der Waals surface area contributed by atoms with Crippen molar-refractivity contribution in [1.29, 1.82) is 0 Å². The molecule has 0 saturated carbocycles. The normalized spacial score (nSPS) is 10.1. The quantitative estimate of drug-likeness (QED) is 0.772. The van der Waals surface area contributed by atoms with Crippen molar-refractivity contribution in [3.63, 3.8) is 0 Å². The molecule has 0 aliphatic carbocycles. The number of aryl methyl sites for hydroxylation is 1. The number of phenolic OH excluding ortho intramolecular Hbond substituents is 1. The van der Waals surface area contributed by atoms with Crippen LogP contribution in [0.1, 0.15) is 11.3 Å². The third-order valence-corrected chi connectivity index (χ3v) is 2.34. The van der Waals surface area contributed by atoms with Crippen LogP contribution in [0.15, 0.2) is 42.6 Å². The van der Waals surface area contributed by atoms with E-state index in [1.54, 1.807) is 12.3 Å². The molecule has 0 amide bonds. The number of rotatable bonds is 3. The molecule has 3 heteroatoms. The average Bonchev–Trinajstić information content (AvgIpc) is 2.32. The minimum atomic E-state index is 0.265. The topological polar surface area (TPSA) is 45.1 Å². The highest BCUT2D eigenvalue weighted by molar-refractivity contribution is 5.57. The molecule has 2 aromatic rings. The maximum absolute atomic E-state index is 9.63. The Morgan fingerprint density at radius 3 is 2.88 bits per heavy atom. The van der Waals surface area contributed by atoms with Gasteiger partial charge in [-0.15, -0.1) is 0 Å². The van der Waals surface area contributed by atoms with Crippen LogP contribution in [0.5, 0.6) is 5.75 Å². The van der Waals surface area contributed by atoms with Gasteiger partial charge in [0.1, 0.15) is 5.75 Å². The van der Waals surface area contributed by atoms with E-state index in [2.05, 4.69) is 10.3 Å². The van der Waals surface area contributed by atoms with Crippen LogP contribution >= 0.6 is 0 Å². The van der Waals surface area contributed by atoms with Crippen LogP contribution in [0.2, 0.25) is 0 Å². The number of nitrogens with zero attached hydrogens (tertiary/aromatic N) is 1. The number of aromatic hydroxyl groups is 1. The van der Waals surface area contributed by atoms with Gasteiger partial charge >= 0.3 is 0 Å². The molecule has 0 radical (unpaired) electrons. The van der Waals surface area contributed by atoms with E-state index in [0.29, 0.717) is 6.54 Å². The molecule has 0 fully saturated rings. The van der Waals surface area contributed by atoms with Crippen LogP contribution in [-0.2, 0) is 6.54 Å². The first-order valence-electron chi connectivity index (χ1n) is 5.19. The zero-order chi connectivity index (χ0) is 11.4. The van der Waals surface area contributed by atoms with Gasteiger partial charge in [-0.1, -0.05) is 12.1 Å². The summed E-state index contributed by atoms with van der Waals surface area (Å²) in [4.78, 5) is 4.20. The predicted molar refractivity (Wildman–Crippen MR) is 64.4 cm³/mol. The van der Waals surface area contributed by atoms with E-state index in [1.807, 2.05) is 37.3 Å². The average molecular weight is 214 g/mol. The Morgan fingerprint density at radius 1 is 1.25 bits per heavy atom. The molecule has 0 unspecified atom stereocenters. The molecule has 0 atom stereocenters. The minimum Gasteiger partial charge on any atom is -0.506 e. The highest BCUT2D eigenvalue weighted by Crippen LogP contribution is 2.24. The molecular weight excluding hydrogens is 200 g/mol. The number of nitrogens with one attached hydrogen (secondary N) is 1. The van der Waals surface area contributed by atoms with E-state index in [0.717, 1.165) is 16.9 Å². The third-order valence-electron chi connectivity index (χ3n) is 2.34. The van der Waals surface area contributed by atoms with Crippen molar-refractivity contribution < 1.29 is 5.11 Å². The number of hydrogen-bond donors (Lipinski definition) is 2. The lowest BCUT2D eigenvalue weighted by molar-refractivity contribution is 0.477. The van der Waals surface area contributed by atoms with Gasteiger partial charge in [0.15, 0.2) is 0 Å². The summed E-state index contributed by atoms with van der Waals surface area (Å²) in [5.74, 6) is 0.265. The van der Waals surface area contributed by atoms with Crippen LogP contribution in [-0.4, -0.2) is 10.1 Å². The molecule has 1 heterocycles. The molecule has 3 nitrogen and oxygen atoms in total. The number of benzene rings is 1. The number of pyridine rings is 1. The summed E-state index contributed by atoms with van der Waals surface area (Å²) in [7, 11) is 0. The summed E-state index contributed by atoms with van der Waals surface area (Å²) in [5.41, 5.74) is 2.80. The van der Waals surface area contributed by atoms with Crippen LogP contribution in [0.25, 0.3) is 0 Å². The van der Waals surface area contributed by atoms with Gasteiger partial charge in [0.05, 0.1) is 17.9 Å². The van der Waals surface area contributed by atoms with Gasteiger partial charge in [-0.25, -0.2) is 0 Å². The fraction of sp³-hybridized carbons (Fsp3) is 0.154. The number of phenols is 1. The zero-order valence-electron chi connectivity index (χ0n) is 9.14. The van der Waals surface area contributed by atoms with E-state index < -0.39 is 0 Å². The van der Waals surface area contributed by atoms with Crippen molar-refractivity contribution in [2.24, 2.45) is 0 Å². The van der Waals surface area contributed by atoms with E-state index in [4.69, 9.17) is 0 Å². The first-order valence-corrected chi connectivity index (χ1v) is 5.19. The second kappa shape index (κ2) is 4.66. The molecule has 0 spiro atoms.